The summed E-state index contributed by atoms with van der Waals surface area (Å²) in [4.78, 5) is 15.6. The molecule has 0 saturated carbocycles. The summed E-state index contributed by atoms with van der Waals surface area (Å²) in [6, 6.07) is 12.9. The van der Waals surface area contributed by atoms with Gasteiger partial charge in [0.05, 0.1) is 21.5 Å². The third-order valence-electron chi connectivity index (χ3n) is 2.94. The molecule has 0 aliphatic heterocycles. The van der Waals surface area contributed by atoms with Gasteiger partial charge in [-0.15, -0.1) is 0 Å². The molecule has 0 radical (unpaired) electrons. The number of nitrogens with zero attached hydrogens (tertiary/aromatic N) is 1. The first-order valence-corrected chi connectivity index (χ1v) is 6.92. The van der Waals surface area contributed by atoms with E-state index in [9.17, 15) is 4.79 Å². The standard InChI is InChI=1S/C15H12N2O2S/c1-9-6-7-12-13(8-9)20-15(17-12)16-11-5-3-2-4-10(11)14(18)19/h2-8H,1H3,(H,16,17)(H,18,19). The van der Waals surface area contributed by atoms with E-state index in [-0.39, 0.29) is 5.56 Å². The van der Waals surface area contributed by atoms with E-state index in [1.165, 1.54) is 16.9 Å². The molecule has 2 N–H and O–H groups in total. The average molecular weight is 284 g/mol. The smallest absolute Gasteiger partial charge is 0.337 e. The van der Waals surface area contributed by atoms with Crippen molar-refractivity contribution in [1.82, 2.24) is 4.98 Å². The lowest BCUT2D eigenvalue weighted by Crippen LogP contribution is -2.01. The van der Waals surface area contributed by atoms with E-state index >= 15 is 0 Å². The van der Waals surface area contributed by atoms with Crippen LogP contribution < -0.4 is 5.32 Å². The molecule has 3 rings (SSSR count). The topological polar surface area (TPSA) is 62.2 Å². The van der Waals surface area contributed by atoms with Crippen molar-refractivity contribution in [2.75, 3.05) is 5.32 Å². The number of aromatic nitrogens is 1. The van der Waals surface area contributed by atoms with Crippen molar-refractivity contribution < 1.29 is 9.90 Å². The normalized spacial score (nSPS) is 10.7. The maximum atomic E-state index is 11.2. The third-order valence-corrected chi connectivity index (χ3v) is 3.88. The molecular weight excluding hydrogens is 272 g/mol. The first kappa shape index (κ1) is 12.6. The second-order valence-corrected chi connectivity index (χ2v) is 5.50. The zero-order valence-electron chi connectivity index (χ0n) is 10.8. The zero-order valence-corrected chi connectivity index (χ0v) is 11.6. The van der Waals surface area contributed by atoms with Gasteiger partial charge in [0.25, 0.3) is 0 Å². The van der Waals surface area contributed by atoms with Crippen LogP contribution >= 0.6 is 11.3 Å². The number of hydrogen-bond donors (Lipinski definition) is 2. The molecule has 5 heteroatoms. The number of thiazole rings is 1. The van der Waals surface area contributed by atoms with Crippen LogP contribution in [0.15, 0.2) is 42.5 Å². The van der Waals surface area contributed by atoms with Crippen LogP contribution in [0.4, 0.5) is 10.8 Å². The van der Waals surface area contributed by atoms with Gasteiger partial charge in [0.15, 0.2) is 5.13 Å². The van der Waals surface area contributed by atoms with E-state index in [4.69, 9.17) is 5.11 Å². The molecule has 0 unspecified atom stereocenters. The van der Waals surface area contributed by atoms with Crippen LogP contribution in [-0.4, -0.2) is 16.1 Å². The molecule has 4 nitrogen and oxygen atoms in total. The monoisotopic (exact) mass is 284 g/mol. The first-order valence-electron chi connectivity index (χ1n) is 6.10. The van der Waals surface area contributed by atoms with Crippen LogP contribution in [0.1, 0.15) is 15.9 Å². The molecule has 3 aromatic rings. The number of hydrogen-bond acceptors (Lipinski definition) is 4. The predicted octanol–water partition coefficient (Wildman–Crippen LogP) is 4.05. The summed E-state index contributed by atoms with van der Waals surface area (Å²) in [5.74, 6) is -0.954. The maximum Gasteiger partial charge on any atom is 0.337 e. The van der Waals surface area contributed by atoms with E-state index in [1.807, 2.05) is 19.1 Å². The molecule has 1 heterocycles. The predicted molar refractivity (Wildman–Crippen MR) is 81.0 cm³/mol. The van der Waals surface area contributed by atoms with Crippen molar-refractivity contribution >= 4 is 38.3 Å². The molecule has 0 saturated heterocycles. The lowest BCUT2D eigenvalue weighted by atomic mass is 10.2. The summed E-state index contributed by atoms with van der Waals surface area (Å²) < 4.78 is 1.08. The number of aromatic carboxylic acids is 1. The molecule has 100 valence electrons. The Morgan fingerprint density at radius 3 is 2.85 bits per heavy atom. The SMILES string of the molecule is Cc1ccc2nc(Nc3ccccc3C(=O)O)sc2c1. The second-order valence-electron chi connectivity index (χ2n) is 4.47. The summed E-state index contributed by atoms with van der Waals surface area (Å²) in [6.45, 7) is 2.03. The average Bonchev–Trinajstić information content (AvgIpc) is 2.80. The molecule has 20 heavy (non-hydrogen) atoms. The highest BCUT2D eigenvalue weighted by Gasteiger charge is 2.11. The van der Waals surface area contributed by atoms with Crippen LogP contribution in [0.25, 0.3) is 10.2 Å². The van der Waals surface area contributed by atoms with Gasteiger partial charge in [0.1, 0.15) is 0 Å². The van der Waals surface area contributed by atoms with Crippen molar-refractivity contribution in [2.24, 2.45) is 0 Å². The third kappa shape index (κ3) is 2.35. The molecule has 0 amide bonds. The van der Waals surface area contributed by atoms with Gasteiger partial charge in [-0.1, -0.05) is 29.5 Å². The number of para-hydroxylation sites is 1. The number of anilines is 2. The Kier molecular flexibility index (Phi) is 3.12. The van der Waals surface area contributed by atoms with Crippen molar-refractivity contribution in [3.05, 3.63) is 53.6 Å². The Morgan fingerprint density at radius 1 is 1.25 bits per heavy atom. The Balaban J connectivity index is 1.99. The Labute approximate surface area is 119 Å². The first-order chi connectivity index (χ1) is 9.63. The molecule has 0 aliphatic rings. The van der Waals surface area contributed by atoms with Gasteiger partial charge in [-0.2, -0.15) is 0 Å². The fraction of sp³-hybridized carbons (Fsp3) is 0.0667. The molecule has 0 aliphatic carbocycles. The second kappa shape index (κ2) is 4.94. The van der Waals surface area contributed by atoms with Gasteiger partial charge >= 0.3 is 5.97 Å². The summed E-state index contributed by atoms with van der Waals surface area (Å²) in [5, 5.41) is 12.9. The van der Waals surface area contributed by atoms with Crippen molar-refractivity contribution in [3.63, 3.8) is 0 Å². The van der Waals surface area contributed by atoms with Gasteiger partial charge < -0.3 is 10.4 Å². The number of carboxylic acids is 1. The quantitative estimate of drug-likeness (QED) is 0.761. The largest absolute Gasteiger partial charge is 0.478 e. The molecular formula is C15H12N2O2S. The van der Waals surface area contributed by atoms with Crippen LogP contribution in [0.2, 0.25) is 0 Å². The van der Waals surface area contributed by atoms with Crippen molar-refractivity contribution in [1.29, 1.82) is 0 Å². The van der Waals surface area contributed by atoms with Crippen LogP contribution in [0.5, 0.6) is 0 Å². The Bertz CT molecular complexity index is 795. The Morgan fingerprint density at radius 2 is 2.05 bits per heavy atom. The number of carboxylic acid groups (broad SMARTS) is 1. The zero-order chi connectivity index (χ0) is 14.1. The van der Waals surface area contributed by atoms with Crippen LogP contribution in [0, 0.1) is 6.92 Å². The number of rotatable bonds is 3. The number of carbonyl (C=O) groups is 1. The summed E-state index contributed by atoms with van der Waals surface area (Å²) in [7, 11) is 0. The van der Waals surface area contributed by atoms with E-state index < -0.39 is 5.97 Å². The summed E-state index contributed by atoms with van der Waals surface area (Å²) >= 11 is 1.51. The number of aryl methyl sites for hydroxylation is 1. The van der Waals surface area contributed by atoms with Crippen molar-refractivity contribution in [2.45, 2.75) is 6.92 Å². The number of benzene rings is 2. The van der Waals surface area contributed by atoms with Gasteiger partial charge in [-0.25, -0.2) is 9.78 Å². The summed E-state index contributed by atoms with van der Waals surface area (Å²) in [5.41, 5.74) is 2.88. The minimum Gasteiger partial charge on any atom is -0.478 e. The van der Waals surface area contributed by atoms with E-state index in [1.54, 1.807) is 24.3 Å². The van der Waals surface area contributed by atoms with Crippen LogP contribution in [0.3, 0.4) is 0 Å². The Hall–Kier alpha value is -2.40. The fourth-order valence-electron chi connectivity index (χ4n) is 1.98. The van der Waals surface area contributed by atoms with Gasteiger partial charge in [0, 0.05) is 0 Å². The highest BCUT2D eigenvalue weighted by atomic mass is 32.1. The lowest BCUT2D eigenvalue weighted by Gasteiger charge is -2.05. The van der Waals surface area contributed by atoms with E-state index in [2.05, 4.69) is 16.4 Å². The molecule has 2 aromatic carbocycles. The minimum atomic E-state index is -0.954. The van der Waals surface area contributed by atoms with E-state index in [0.29, 0.717) is 10.8 Å². The van der Waals surface area contributed by atoms with Gasteiger partial charge in [0.2, 0.25) is 0 Å². The number of fused-ring (bicyclic) bond motifs is 1. The van der Waals surface area contributed by atoms with E-state index in [0.717, 1.165) is 10.2 Å². The van der Waals surface area contributed by atoms with Crippen molar-refractivity contribution in [3.8, 4) is 0 Å². The molecule has 0 bridgehead atoms. The molecule has 0 fully saturated rings. The number of nitrogens with one attached hydrogen (secondary N) is 1. The van der Waals surface area contributed by atoms with Crippen LogP contribution in [-0.2, 0) is 0 Å². The summed E-state index contributed by atoms with van der Waals surface area (Å²) in [6.07, 6.45) is 0. The highest BCUT2D eigenvalue weighted by Crippen LogP contribution is 2.30. The molecule has 0 spiro atoms. The molecule has 0 atom stereocenters. The minimum absolute atomic E-state index is 0.239. The highest BCUT2D eigenvalue weighted by molar-refractivity contribution is 7.22. The fourth-order valence-corrected chi connectivity index (χ4v) is 2.96. The lowest BCUT2D eigenvalue weighted by molar-refractivity contribution is 0.0698. The van der Waals surface area contributed by atoms with Gasteiger partial charge in [-0.3, -0.25) is 0 Å². The maximum absolute atomic E-state index is 11.2. The molecule has 1 aromatic heterocycles. The van der Waals surface area contributed by atoms with Gasteiger partial charge in [-0.05, 0) is 36.8 Å².